The van der Waals surface area contributed by atoms with Crippen LogP contribution >= 0.6 is 0 Å². The highest BCUT2D eigenvalue weighted by Gasteiger charge is 2.48. The van der Waals surface area contributed by atoms with Gasteiger partial charge in [0.05, 0.1) is 17.2 Å². The number of fused-ring (bicyclic) bond motifs is 15. The fourth-order valence-electron chi connectivity index (χ4n) is 9.68. The second kappa shape index (κ2) is 13.5. The van der Waals surface area contributed by atoms with Crippen LogP contribution in [0.3, 0.4) is 0 Å². The van der Waals surface area contributed by atoms with Gasteiger partial charge in [-0.2, -0.15) is 0 Å². The molecule has 2 bridgehead atoms. The Bertz CT molecular complexity index is 2910. The zero-order chi connectivity index (χ0) is 37.9. The van der Waals surface area contributed by atoms with E-state index in [4.69, 9.17) is 15.1 Å². The molecule has 11 rings (SSSR count). The van der Waals surface area contributed by atoms with Crippen molar-refractivity contribution in [2.75, 3.05) is 5.32 Å². The average molecular weight is 736 g/mol. The van der Waals surface area contributed by atoms with E-state index in [2.05, 4.69) is 157 Å². The second-order valence-electron chi connectivity index (χ2n) is 15.5. The van der Waals surface area contributed by atoms with Crippen LogP contribution in [0.15, 0.2) is 191 Å². The number of nitrogens with two attached hydrogens (primary N) is 1. The number of aliphatic imine (C=N–C) groups is 1. The van der Waals surface area contributed by atoms with Gasteiger partial charge in [0.2, 0.25) is 0 Å². The van der Waals surface area contributed by atoms with Gasteiger partial charge in [-0.25, -0.2) is 0 Å². The highest BCUT2D eigenvalue weighted by atomic mass is 16.3. The molecule has 0 radical (unpaired) electrons. The van der Waals surface area contributed by atoms with Crippen molar-refractivity contribution in [2.45, 2.75) is 37.1 Å². The van der Waals surface area contributed by atoms with Crippen molar-refractivity contribution in [1.29, 1.82) is 0 Å². The molecule has 6 aromatic carbocycles. The maximum absolute atomic E-state index is 7.24. The smallest absolute Gasteiger partial charge is 0.144 e. The molecule has 7 aromatic rings. The van der Waals surface area contributed by atoms with Crippen LogP contribution in [-0.2, 0) is 5.41 Å². The Morgan fingerprint density at radius 1 is 0.702 bits per heavy atom. The van der Waals surface area contributed by atoms with Crippen molar-refractivity contribution in [3.63, 3.8) is 0 Å². The van der Waals surface area contributed by atoms with Crippen LogP contribution in [0.2, 0.25) is 0 Å². The van der Waals surface area contributed by atoms with Gasteiger partial charge in [-0.15, -0.1) is 0 Å². The minimum atomic E-state index is -0.584. The van der Waals surface area contributed by atoms with E-state index in [0.29, 0.717) is 0 Å². The summed E-state index contributed by atoms with van der Waals surface area (Å²) in [5.74, 6) is 0. The lowest BCUT2D eigenvalue weighted by molar-refractivity contribution is 0.665. The third-order valence-electron chi connectivity index (χ3n) is 12.3. The summed E-state index contributed by atoms with van der Waals surface area (Å²) in [7, 11) is 0. The molecule has 1 spiro atoms. The van der Waals surface area contributed by atoms with E-state index in [1.54, 1.807) is 0 Å². The minimum absolute atomic E-state index is 0.353. The van der Waals surface area contributed by atoms with Gasteiger partial charge in [-0.3, -0.25) is 4.99 Å². The second-order valence-corrected chi connectivity index (χ2v) is 15.5. The third kappa shape index (κ3) is 5.28. The number of anilines is 1. The SMILES string of the molecule is NC(/C=C(\N=CC1=CC=CCC1)c1cccc2c1oc1c3cc(cc12)C1(c2ccccc2NC2=C3CCC=C2)c2ccccc2-c2ccccc21)c1ccccc1. The molecular weight excluding hydrogens is 695 g/mol. The molecule has 0 saturated carbocycles. The summed E-state index contributed by atoms with van der Waals surface area (Å²) in [6, 6.07) is 48.0. The molecule has 1 atom stereocenters. The van der Waals surface area contributed by atoms with Crippen LogP contribution in [0.4, 0.5) is 5.69 Å². The van der Waals surface area contributed by atoms with Crippen LogP contribution in [0.25, 0.3) is 44.3 Å². The van der Waals surface area contributed by atoms with E-state index in [1.807, 2.05) is 24.4 Å². The standard InChI is InChI=1S/C53H41N3O/c54-47(35-18-5-2-6-19-35)32-50(55-33-34-16-3-1-4-17-34)41-24-15-23-40-43-31-36-30-42(52(43)57-51(40)41)39-22-9-13-28-48(39)56-49-29-14-12-27-46(49)53(36)44-25-10-7-20-37(44)38-21-8-11-26-45(38)53/h1-3,5-8,10-16,18-21,23-33,47,56H,4,9,17,22,54H2/b50-32-,55-33?. The normalized spacial score (nSPS) is 17.1. The first-order valence-corrected chi connectivity index (χ1v) is 20.1. The van der Waals surface area contributed by atoms with Crippen LogP contribution in [0.1, 0.15) is 70.7 Å². The lowest BCUT2D eigenvalue weighted by atomic mass is 9.66. The zero-order valence-corrected chi connectivity index (χ0v) is 31.6. The molecule has 1 unspecified atom stereocenters. The maximum atomic E-state index is 7.24. The number of furan rings is 1. The molecule has 4 nitrogen and oxygen atoms in total. The van der Waals surface area contributed by atoms with E-state index in [-0.39, 0.29) is 6.04 Å². The lowest BCUT2D eigenvalue weighted by Crippen LogP contribution is -2.29. The number of hydrogen-bond acceptors (Lipinski definition) is 4. The summed E-state index contributed by atoms with van der Waals surface area (Å²) in [5.41, 5.74) is 24.1. The molecule has 0 saturated heterocycles. The van der Waals surface area contributed by atoms with Crippen molar-refractivity contribution >= 4 is 45.1 Å². The Kier molecular flexibility index (Phi) is 7.94. The van der Waals surface area contributed by atoms with Crippen molar-refractivity contribution in [3.8, 4) is 11.1 Å². The molecule has 57 heavy (non-hydrogen) atoms. The first kappa shape index (κ1) is 33.6. The topological polar surface area (TPSA) is 63.5 Å². The molecule has 0 amide bonds. The van der Waals surface area contributed by atoms with E-state index >= 15 is 0 Å². The van der Waals surface area contributed by atoms with Crippen molar-refractivity contribution in [1.82, 2.24) is 0 Å². The van der Waals surface area contributed by atoms with Crippen molar-refractivity contribution in [2.24, 2.45) is 10.7 Å². The molecule has 274 valence electrons. The summed E-state index contributed by atoms with van der Waals surface area (Å²) >= 11 is 0. The fourth-order valence-corrected chi connectivity index (χ4v) is 9.68. The molecule has 1 aromatic heterocycles. The Morgan fingerprint density at radius 3 is 2.23 bits per heavy atom. The molecule has 4 aliphatic rings. The molecule has 3 N–H and O–H groups in total. The van der Waals surface area contributed by atoms with Crippen LogP contribution in [-0.4, -0.2) is 6.21 Å². The summed E-state index contributed by atoms with van der Waals surface area (Å²) in [6.45, 7) is 0. The predicted octanol–water partition coefficient (Wildman–Crippen LogP) is 12.8. The predicted molar refractivity (Wildman–Crippen MR) is 236 cm³/mol. The van der Waals surface area contributed by atoms with Gasteiger partial charge in [0.25, 0.3) is 0 Å². The molecule has 3 aliphatic carbocycles. The Balaban J connectivity index is 1.22. The number of para-hydroxylation sites is 2. The van der Waals surface area contributed by atoms with Crippen LogP contribution in [0.5, 0.6) is 0 Å². The number of nitrogens with zero attached hydrogens (tertiary/aromatic N) is 1. The first-order valence-electron chi connectivity index (χ1n) is 20.1. The summed E-state index contributed by atoms with van der Waals surface area (Å²) in [4.78, 5) is 5.18. The van der Waals surface area contributed by atoms with Gasteiger partial charge < -0.3 is 15.5 Å². The fraction of sp³-hybridized carbons (Fsp3) is 0.113. The quantitative estimate of drug-likeness (QED) is 0.173. The van der Waals surface area contributed by atoms with E-state index in [1.165, 1.54) is 44.5 Å². The zero-order valence-electron chi connectivity index (χ0n) is 31.6. The minimum Gasteiger partial charge on any atom is -0.455 e. The van der Waals surface area contributed by atoms with Crippen molar-refractivity contribution < 1.29 is 4.42 Å². The lowest BCUT2D eigenvalue weighted by Gasteiger charge is -2.35. The van der Waals surface area contributed by atoms with E-state index < -0.39 is 5.41 Å². The summed E-state index contributed by atoms with van der Waals surface area (Å²) < 4.78 is 7.24. The third-order valence-corrected chi connectivity index (χ3v) is 12.3. The van der Waals surface area contributed by atoms with Gasteiger partial charge in [0.15, 0.2) is 0 Å². The van der Waals surface area contributed by atoms with Crippen LogP contribution in [0, 0.1) is 0 Å². The Hall–Kier alpha value is -6.75. The van der Waals surface area contributed by atoms with E-state index in [9.17, 15) is 0 Å². The van der Waals surface area contributed by atoms with Gasteiger partial charge in [-0.05, 0) is 112 Å². The molecule has 1 aliphatic heterocycles. The summed E-state index contributed by atoms with van der Waals surface area (Å²) in [5, 5.41) is 6.13. The highest BCUT2D eigenvalue weighted by molar-refractivity contribution is 6.12. The summed E-state index contributed by atoms with van der Waals surface area (Å²) in [6.07, 6.45) is 18.9. The van der Waals surface area contributed by atoms with E-state index in [0.717, 1.165) is 81.4 Å². The number of hydrogen-bond donors (Lipinski definition) is 2. The number of nitrogens with one attached hydrogen (secondary N) is 1. The van der Waals surface area contributed by atoms with Gasteiger partial charge in [0, 0.05) is 39.5 Å². The molecule has 0 fully saturated rings. The van der Waals surface area contributed by atoms with Gasteiger partial charge in [-0.1, -0.05) is 133 Å². The average Bonchev–Trinajstić information content (AvgIpc) is 3.81. The number of rotatable bonds is 5. The highest BCUT2D eigenvalue weighted by Crippen LogP contribution is 2.59. The molecule has 4 heteroatoms. The monoisotopic (exact) mass is 735 g/mol. The Labute approximate surface area is 332 Å². The maximum Gasteiger partial charge on any atom is 0.144 e. The van der Waals surface area contributed by atoms with Crippen molar-refractivity contribution in [3.05, 3.63) is 220 Å². The number of benzene rings is 6. The van der Waals surface area contributed by atoms with Crippen LogP contribution < -0.4 is 11.1 Å². The molecular formula is C53H41N3O. The number of allylic oxidation sites excluding steroid dienone is 7. The largest absolute Gasteiger partial charge is 0.455 e. The first-order chi connectivity index (χ1) is 28.2. The Morgan fingerprint density at radius 2 is 1.44 bits per heavy atom. The van der Waals surface area contributed by atoms with Gasteiger partial charge >= 0.3 is 0 Å². The van der Waals surface area contributed by atoms with Gasteiger partial charge in [0.1, 0.15) is 11.2 Å². The molecule has 2 heterocycles.